The summed E-state index contributed by atoms with van der Waals surface area (Å²) in [5, 5.41) is 4.44. The molecule has 1 aromatic heterocycles. The van der Waals surface area contributed by atoms with Gasteiger partial charge < -0.3 is 0 Å². The Kier molecular flexibility index (Phi) is 3.22. The lowest BCUT2D eigenvalue weighted by Crippen LogP contribution is -2.34. The average Bonchev–Trinajstić information content (AvgIpc) is 2.97. The van der Waals surface area contributed by atoms with Crippen LogP contribution in [0.15, 0.2) is 17.2 Å². The first-order chi connectivity index (χ1) is 9.34. The van der Waals surface area contributed by atoms with Gasteiger partial charge in [0.2, 0.25) is 0 Å². The number of rotatable bonds is 2. The molecule has 2 fully saturated rings. The summed E-state index contributed by atoms with van der Waals surface area (Å²) in [5.41, 5.74) is 4.25. The van der Waals surface area contributed by atoms with Crippen molar-refractivity contribution in [2.75, 3.05) is 0 Å². The highest BCUT2D eigenvalue weighted by Gasteiger charge is 2.59. The van der Waals surface area contributed by atoms with Gasteiger partial charge in [0.15, 0.2) is 0 Å². The molecule has 108 valence electrons. The molecule has 2 aliphatic rings. The second kappa shape index (κ2) is 4.57. The Bertz CT molecular complexity index is 592. The van der Waals surface area contributed by atoms with Gasteiger partial charge in [-0.25, -0.2) is 5.43 Å². The molecule has 1 aromatic rings. The molecule has 2 aliphatic carbocycles. The minimum absolute atomic E-state index is 0.123. The van der Waals surface area contributed by atoms with Gasteiger partial charge in [0.05, 0.1) is 9.21 Å². The first kappa shape index (κ1) is 14.1. The molecular formula is C15H19ClN2OS. The third kappa shape index (κ3) is 1.92. The third-order valence-corrected chi connectivity index (χ3v) is 6.83. The summed E-state index contributed by atoms with van der Waals surface area (Å²) in [7, 11) is 0. The first-order valence-electron chi connectivity index (χ1n) is 6.97. The van der Waals surface area contributed by atoms with Gasteiger partial charge in [-0.1, -0.05) is 32.4 Å². The van der Waals surface area contributed by atoms with Gasteiger partial charge in [0.25, 0.3) is 5.91 Å². The van der Waals surface area contributed by atoms with Crippen molar-refractivity contribution in [3.05, 3.63) is 21.3 Å². The Balaban J connectivity index is 1.77. The lowest BCUT2D eigenvalue weighted by Gasteiger charge is -2.34. The van der Waals surface area contributed by atoms with Crippen molar-refractivity contribution >= 4 is 34.6 Å². The second-order valence-corrected chi connectivity index (χ2v) is 8.31. The molecule has 3 rings (SSSR count). The van der Waals surface area contributed by atoms with Crippen molar-refractivity contribution in [2.45, 2.75) is 40.0 Å². The number of carbonyl (C=O) groups excluding carboxylic acids is 1. The zero-order valence-corrected chi connectivity index (χ0v) is 13.6. The van der Waals surface area contributed by atoms with Gasteiger partial charge >= 0.3 is 0 Å². The Labute approximate surface area is 128 Å². The van der Waals surface area contributed by atoms with Crippen molar-refractivity contribution in [3.63, 3.8) is 0 Å². The van der Waals surface area contributed by atoms with Crippen LogP contribution in [0.3, 0.4) is 0 Å². The highest BCUT2D eigenvalue weighted by molar-refractivity contribution is 7.17. The number of nitrogens with zero attached hydrogens (tertiary/aromatic N) is 1. The Morgan fingerprint density at radius 3 is 2.70 bits per heavy atom. The van der Waals surface area contributed by atoms with Crippen molar-refractivity contribution in [2.24, 2.45) is 21.8 Å². The molecular weight excluding hydrogens is 292 g/mol. The van der Waals surface area contributed by atoms with E-state index >= 15 is 0 Å². The van der Waals surface area contributed by atoms with Crippen LogP contribution in [0.5, 0.6) is 0 Å². The van der Waals surface area contributed by atoms with Crippen LogP contribution >= 0.6 is 22.9 Å². The topological polar surface area (TPSA) is 41.5 Å². The molecule has 0 unspecified atom stereocenters. The molecule has 1 amide bonds. The number of hydrogen-bond acceptors (Lipinski definition) is 3. The fourth-order valence-corrected chi connectivity index (χ4v) is 4.64. The van der Waals surface area contributed by atoms with Crippen LogP contribution in [-0.2, 0) is 0 Å². The zero-order chi connectivity index (χ0) is 14.5. The molecule has 0 spiro atoms. The predicted molar refractivity (Wildman–Crippen MR) is 83.5 cm³/mol. The van der Waals surface area contributed by atoms with Crippen molar-refractivity contribution in [3.8, 4) is 0 Å². The molecule has 2 bridgehead atoms. The molecule has 3 nitrogen and oxygen atoms in total. The summed E-state index contributed by atoms with van der Waals surface area (Å²) in [4.78, 5) is 12.6. The van der Waals surface area contributed by atoms with E-state index < -0.39 is 0 Å². The van der Waals surface area contributed by atoms with Gasteiger partial charge in [-0.05, 0) is 42.7 Å². The Morgan fingerprint density at radius 2 is 2.20 bits per heavy atom. The maximum absolute atomic E-state index is 12.0. The van der Waals surface area contributed by atoms with Crippen LogP contribution in [0.4, 0.5) is 0 Å². The van der Waals surface area contributed by atoms with E-state index in [4.69, 9.17) is 11.6 Å². The highest BCUT2D eigenvalue weighted by atomic mass is 35.5. The second-order valence-electron chi connectivity index (χ2n) is 6.60. The largest absolute Gasteiger partial charge is 0.281 e. The highest BCUT2D eigenvalue weighted by Crippen LogP contribution is 2.63. The van der Waals surface area contributed by atoms with E-state index in [1.54, 1.807) is 12.1 Å². The molecule has 0 aromatic carbocycles. The fourth-order valence-electron chi connectivity index (χ4n) is 3.71. The van der Waals surface area contributed by atoms with Gasteiger partial charge in [-0.3, -0.25) is 4.79 Å². The number of fused-ring (bicyclic) bond motifs is 2. The maximum Gasteiger partial charge on any atom is 0.281 e. The number of hydrogen-bond donors (Lipinski definition) is 1. The quantitative estimate of drug-likeness (QED) is 0.811. The molecule has 0 saturated heterocycles. The molecule has 1 N–H and O–H groups in total. The lowest BCUT2D eigenvalue weighted by molar-refractivity contribution is 0.0958. The van der Waals surface area contributed by atoms with E-state index in [1.807, 2.05) is 0 Å². The Hall–Kier alpha value is -0.870. The molecule has 1 heterocycles. The molecule has 0 aliphatic heterocycles. The van der Waals surface area contributed by atoms with Crippen LogP contribution in [-0.4, -0.2) is 11.6 Å². The van der Waals surface area contributed by atoms with Crippen LogP contribution in [0, 0.1) is 16.7 Å². The number of nitrogens with one attached hydrogen (secondary N) is 1. The number of halogens is 1. The average molecular weight is 311 g/mol. The van der Waals surface area contributed by atoms with E-state index in [0.717, 1.165) is 12.1 Å². The first-order valence-corrected chi connectivity index (χ1v) is 8.17. The molecule has 2 saturated carbocycles. The lowest BCUT2D eigenvalue weighted by atomic mass is 9.70. The molecule has 20 heavy (non-hydrogen) atoms. The maximum atomic E-state index is 12.0. The summed E-state index contributed by atoms with van der Waals surface area (Å²) in [6, 6.07) is 3.46. The molecule has 5 heteroatoms. The Morgan fingerprint density at radius 1 is 1.45 bits per heavy atom. The smallest absolute Gasteiger partial charge is 0.266 e. The molecule has 0 radical (unpaired) electrons. The van der Waals surface area contributed by atoms with Crippen molar-refractivity contribution in [1.82, 2.24) is 5.43 Å². The summed E-state index contributed by atoms with van der Waals surface area (Å²) in [5.74, 6) is 0.526. The van der Waals surface area contributed by atoms with Crippen LogP contribution in [0.2, 0.25) is 4.34 Å². The summed E-state index contributed by atoms with van der Waals surface area (Å²) in [6.45, 7) is 6.94. The molecule has 2 atom stereocenters. The van der Waals surface area contributed by atoms with E-state index in [1.165, 1.54) is 24.2 Å². The van der Waals surface area contributed by atoms with Crippen molar-refractivity contribution < 1.29 is 4.79 Å². The van der Waals surface area contributed by atoms with Gasteiger partial charge in [0, 0.05) is 11.1 Å². The monoisotopic (exact) mass is 310 g/mol. The van der Waals surface area contributed by atoms with Gasteiger partial charge in [-0.15, -0.1) is 11.3 Å². The minimum Gasteiger partial charge on any atom is -0.266 e. The summed E-state index contributed by atoms with van der Waals surface area (Å²) in [6.07, 6.45) is 3.45. The van der Waals surface area contributed by atoms with E-state index in [0.29, 0.717) is 15.1 Å². The fraction of sp³-hybridized carbons (Fsp3) is 0.600. The normalized spacial score (nSPS) is 32.8. The van der Waals surface area contributed by atoms with E-state index in [-0.39, 0.29) is 16.7 Å². The number of hydrazone groups is 1. The SMILES string of the molecule is CC1(C)[C@@H]2CC[C@@]1(C)/C(=N/NC(=O)c1ccc(Cl)s1)C2. The number of thiophene rings is 1. The van der Waals surface area contributed by atoms with Crippen LogP contribution in [0.25, 0.3) is 0 Å². The van der Waals surface area contributed by atoms with E-state index in [2.05, 4.69) is 31.3 Å². The van der Waals surface area contributed by atoms with Crippen LogP contribution in [0.1, 0.15) is 49.7 Å². The predicted octanol–water partition coefficient (Wildman–Crippen LogP) is 4.33. The standard InChI is InChI=1S/C15H19ClN2OS/c1-14(2)9-6-7-15(14,3)11(8-9)17-18-13(19)10-4-5-12(16)20-10/h4-5,9H,6-8H2,1-3H3,(H,18,19)/b17-11+/t9-,15+/m1/s1. The zero-order valence-electron chi connectivity index (χ0n) is 12.0. The van der Waals surface area contributed by atoms with Gasteiger partial charge in [0.1, 0.15) is 0 Å². The minimum atomic E-state index is -0.168. The third-order valence-electron chi connectivity index (χ3n) is 5.60. The van der Waals surface area contributed by atoms with E-state index in [9.17, 15) is 4.79 Å². The number of amides is 1. The summed E-state index contributed by atoms with van der Waals surface area (Å²) >= 11 is 7.12. The summed E-state index contributed by atoms with van der Waals surface area (Å²) < 4.78 is 0.621. The van der Waals surface area contributed by atoms with Crippen LogP contribution < -0.4 is 5.43 Å². The van der Waals surface area contributed by atoms with Crippen molar-refractivity contribution in [1.29, 1.82) is 0 Å². The number of carbonyl (C=O) groups is 1. The van der Waals surface area contributed by atoms with Gasteiger partial charge in [-0.2, -0.15) is 5.10 Å².